The van der Waals surface area contributed by atoms with E-state index in [1.807, 2.05) is 12.1 Å². The highest BCUT2D eigenvalue weighted by Gasteiger charge is 2.09. The Morgan fingerprint density at radius 2 is 2.05 bits per heavy atom. The number of aliphatic hydroxyl groups is 1. The van der Waals surface area contributed by atoms with Gasteiger partial charge in [-0.05, 0) is 47.6 Å². The Labute approximate surface area is 124 Å². The fraction of sp³-hybridized carbons (Fsp3) is 0.500. The zero-order valence-electron chi connectivity index (χ0n) is 12.2. The molecule has 2 aromatic rings. The van der Waals surface area contributed by atoms with Gasteiger partial charge >= 0.3 is 0 Å². The first kappa shape index (κ1) is 15.4. The van der Waals surface area contributed by atoms with Gasteiger partial charge in [0.25, 0.3) is 0 Å². The van der Waals surface area contributed by atoms with Crippen LogP contribution in [0.2, 0.25) is 0 Å². The third-order valence-electron chi connectivity index (χ3n) is 3.58. The van der Waals surface area contributed by atoms with Crippen molar-refractivity contribution in [2.24, 2.45) is 0 Å². The lowest BCUT2D eigenvalue weighted by molar-refractivity contribution is 0.0274. The quantitative estimate of drug-likeness (QED) is 0.758. The first-order chi connectivity index (χ1) is 9.74. The second-order valence-electron chi connectivity index (χ2n) is 4.84. The van der Waals surface area contributed by atoms with Crippen LogP contribution in [0.25, 0.3) is 10.1 Å². The average molecular weight is 293 g/mol. The molecular weight excluding hydrogens is 270 g/mol. The Balaban J connectivity index is 1.80. The molecule has 2 rings (SSSR count). The summed E-state index contributed by atoms with van der Waals surface area (Å²) in [5.74, 6) is 0. The van der Waals surface area contributed by atoms with Crippen molar-refractivity contribution in [3.05, 3.63) is 35.2 Å². The molecule has 110 valence electrons. The van der Waals surface area contributed by atoms with Gasteiger partial charge in [0.2, 0.25) is 0 Å². The summed E-state index contributed by atoms with van der Waals surface area (Å²) in [4.78, 5) is 2.31. The number of hydrogen-bond donors (Lipinski definition) is 1. The van der Waals surface area contributed by atoms with Crippen molar-refractivity contribution < 1.29 is 9.84 Å². The molecule has 0 spiro atoms. The van der Waals surface area contributed by atoms with Crippen molar-refractivity contribution in [1.29, 1.82) is 0 Å². The van der Waals surface area contributed by atoms with E-state index in [0.29, 0.717) is 13.2 Å². The minimum Gasteiger partial charge on any atom is -0.386 e. The predicted octanol–water partition coefficient (Wildman–Crippen LogP) is 3.29. The van der Waals surface area contributed by atoms with Gasteiger partial charge in [0.05, 0.1) is 13.2 Å². The molecule has 0 unspecified atom stereocenters. The maximum atomic E-state index is 10.2. The number of hydrogen-bond acceptors (Lipinski definition) is 4. The van der Waals surface area contributed by atoms with Crippen LogP contribution in [0, 0.1) is 0 Å². The van der Waals surface area contributed by atoms with Gasteiger partial charge in [-0.2, -0.15) is 0 Å². The van der Waals surface area contributed by atoms with Crippen molar-refractivity contribution in [3.63, 3.8) is 0 Å². The molecule has 0 aliphatic carbocycles. The summed E-state index contributed by atoms with van der Waals surface area (Å²) in [5, 5.41) is 13.4. The normalized spacial score (nSPS) is 13.2. The number of ether oxygens (including phenoxy) is 1. The Morgan fingerprint density at radius 1 is 1.25 bits per heavy atom. The molecule has 0 saturated carbocycles. The van der Waals surface area contributed by atoms with E-state index in [1.54, 1.807) is 11.3 Å². The van der Waals surface area contributed by atoms with E-state index in [2.05, 4.69) is 36.3 Å². The fourth-order valence-electron chi connectivity index (χ4n) is 2.22. The minimum atomic E-state index is -0.545. The highest BCUT2D eigenvalue weighted by Crippen LogP contribution is 2.24. The number of likely N-dealkylation sites (N-methyl/N-ethyl adjacent to an activating group) is 1. The second-order valence-corrected chi connectivity index (χ2v) is 5.78. The number of rotatable bonds is 8. The number of nitrogens with zero attached hydrogens (tertiary/aromatic N) is 1. The summed E-state index contributed by atoms with van der Waals surface area (Å²) in [6, 6.07) is 8.17. The molecule has 0 bridgehead atoms. The average Bonchev–Trinajstić information content (AvgIpc) is 2.94. The topological polar surface area (TPSA) is 32.7 Å². The molecule has 0 saturated heterocycles. The monoisotopic (exact) mass is 293 g/mol. The first-order valence-corrected chi connectivity index (χ1v) is 8.07. The maximum absolute atomic E-state index is 10.2. The van der Waals surface area contributed by atoms with Crippen LogP contribution in [0.15, 0.2) is 29.6 Å². The van der Waals surface area contributed by atoms with E-state index < -0.39 is 6.10 Å². The lowest BCUT2D eigenvalue weighted by Crippen LogP contribution is -2.27. The molecule has 4 heteroatoms. The van der Waals surface area contributed by atoms with Gasteiger partial charge in [0.15, 0.2) is 0 Å². The van der Waals surface area contributed by atoms with Crippen molar-refractivity contribution in [3.8, 4) is 0 Å². The Morgan fingerprint density at radius 3 is 2.80 bits per heavy atom. The van der Waals surface area contributed by atoms with E-state index in [4.69, 9.17) is 4.74 Å². The van der Waals surface area contributed by atoms with Crippen LogP contribution in [0.5, 0.6) is 0 Å². The van der Waals surface area contributed by atoms with E-state index in [0.717, 1.165) is 25.2 Å². The van der Waals surface area contributed by atoms with Gasteiger partial charge in [-0.1, -0.05) is 19.9 Å². The molecule has 1 atom stereocenters. The predicted molar refractivity (Wildman–Crippen MR) is 85.4 cm³/mol. The minimum absolute atomic E-state index is 0.358. The number of benzene rings is 1. The maximum Gasteiger partial charge on any atom is 0.102 e. The van der Waals surface area contributed by atoms with Crippen LogP contribution in [0.3, 0.4) is 0 Å². The van der Waals surface area contributed by atoms with Crippen LogP contribution in [-0.2, 0) is 4.74 Å². The Bertz CT molecular complexity index is 522. The van der Waals surface area contributed by atoms with E-state index in [9.17, 15) is 5.11 Å². The molecule has 0 amide bonds. The highest BCUT2D eigenvalue weighted by molar-refractivity contribution is 7.17. The summed E-state index contributed by atoms with van der Waals surface area (Å²) >= 11 is 1.72. The lowest BCUT2D eigenvalue weighted by Gasteiger charge is -2.18. The van der Waals surface area contributed by atoms with Crippen molar-refractivity contribution >= 4 is 21.4 Å². The molecule has 0 radical (unpaired) electrons. The van der Waals surface area contributed by atoms with Gasteiger partial charge in [-0.3, -0.25) is 0 Å². The van der Waals surface area contributed by atoms with Crippen molar-refractivity contribution in [1.82, 2.24) is 4.90 Å². The molecule has 0 aliphatic heterocycles. The number of aliphatic hydroxyl groups excluding tert-OH is 1. The third kappa shape index (κ3) is 4.03. The van der Waals surface area contributed by atoms with Gasteiger partial charge in [0.1, 0.15) is 6.10 Å². The summed E-state index contributed by atoms with van der Waals surface area (Å²) < 4.78 is 6.84. The Hall–Kier alpha value is -0.940. The van der Waals surface area contributed by atoms with Crippen LogP contribution >= 0.6 is 11.3 Å². The summed E-state index contributed by atoms with van der Waals surface area (Å²) in [6.45, 7) is 8.32. The van der Waals surface area contributed by atoms with Gasteiger partial charge in [-0.25, -0.2) is 0 Å². The first-order valence-electron chi connectivity index (χ1n) is 7.20. The van der Waals surface area contributed by atoms with Gasteiger partial charge in [-0.15, -0.1) is 11.3 Å². The number of thiophene rings is 1. The van der Waals surface area contributed by atoms with Crippen LogP contribution in [-0.4, -0.2) is 42.9 Å². The molecule has 1 N–H and O–H groups in total. The lowest BCUT2D eigenvalue weighted by atomic mass is 10.1. The molecule has 1 aromatic heterocycles. The molecule has 1 aromatic carbocycles. The smallest absolute Gasteiger partial charge is 0.102 e. The molecular formula is C16H23NO2S. The van der Waals surface area contributed by atoms with E-state index in [1.165, 1.54) is 10.1 Å². The number of fused-ring (bicyclic) bond motifs is 1. The zero-order chi connectivity index (χ0) is 14.4. The summed E-state index contributed by atoms with van der Waals surface area (Å²) in [7, 11) is 0. The third-order valence-corrected chi connectivity index (χ3v) is 4.48. The molecule has 1 heterocycles. The molecule has 3 nitrogen and oxygen atoms in total. The fourth-order valence-corrected chi connectivity index (χ4v) is 2.99. The van der Waals surface area contributed by atoms with Crippen LogP contribution < -0.4 is 0 Å². The standard InChI is InChI=1S/C16H23NO2S/c1-3-17(4-2)8-9-19-12-15(18)13-5-6-16-14(11-13)7-10-20-16/h5-7,10-11,15,18H,3-4,8-9,12H2,1-2H3/t15-/m0/s1. The second kappa shape index (κ2) is 7.74. The van der Waals surface area contributed by atoms with E-state index in [-0.39, 0.29) is 0 Å². The van der Waals surface area contributed by atoms with Crippen molar-refractivity contribution in [2.75, 3.05) is 32.8 Å². The summed E-state index contributed by atoms with van der Waals surface area (Å²) in [6.07, 6.45) is -0.545. The SMILES string of the molecule is CCN(CC)CCOC[C@H](O)c1ccc2sccc2c1. The zero-order valence-corrected chi connectivity index (χ0v) is 13.0. The van der Waals surface area contributed by atoms with Gasteiger partial charge in [0, 0.05) is 11.2 Å². The molecule has 0 aliphatic rings. The van der Waals surface area contributed by atoms with Gasteiger partial charge < -0.3 is 14.7 Å². The van der Waals surface area contributed by atoms with E-state index >= 15 is 0 Å². The van der Waals surface area contributed by atoms with Crippen molar-refractivity contribution in [2.45, 2.75) is 20.0 Å². The molecule has 0 fully saturated rings. The van der Waals surface area contributed by atoms with Crippen LogP contribution in [0.1, 0.15) is 25.5 Å². The summed E-state index contributed by atoms with van der Waals surface area (Å²) in [5.41, 5.74) is 0.929. The highest BCUT2D eigenvalue weighted by atomic mass is 32.1. The Kier molecular flexibility index (Phi) is 5.98. The molecule has 20 heavy (non-hydrogen) atoms. The van der Waals surface area contributed by atoms with Crippen LogP contribution in [0.4, 0.5) is 0 Å². The largest absolute Gasteiger partial charge is 0.386 e.